The molecule has 0 bridgehead atoms. The Labute approximate surface area is 158 Å². The van der Waals surface area contributed by atoms with Crippen molar-refractivity contribution in [2.75, 3.05) is 6.61 Å². The van der Waals surface area contributed by atoms with Gasteiger partial charge in [0.15, 0.2) is 0 Å². The summed E-state index contributed by atoms with van der Waals surface area (Å²) >= 11 is 0. The number of nitrogens with zero attached hydrogens (tertiary/aromatic N) is 2. The molecule has 136 valence electrons. The Hall–Kier alpha value is -3.31. The highest BCUT2D eigenvalue weighted by molar-refractivity contribution is 5.95. The average molecular weight is 359 g/mol. The minimum Gasteiger partial charge on any atom is -0.396 e. The van der Waals surface area contributed by atoms with Crippen LogP contribution in [0.5, 0.6) is 0 Å². The van der Waals surface area contributed by atoms with E-state index < -0.39 is 0 Å². The Morgan fingerprint density at radius 1 is 1.00 bits per heavy atom. The summed E-state index contributed by atoms with van der Waals surface area (Å²) in [6, 6.07) is 17.0. The van der Waals surface area contributed by atoms with E-state index in [9.17, 15) is 9.90 Å². The minimum atomic E-state index is -0.255. The number of aromatic nitrogens is 2. The Morgan fingerprint density at radius 3 is 2.44 bits per heavy atom. The van der Waals surface area contributed by atoms with Gasteiger partial charge in [-0.3, -0.25) is 14.8 Å². The molecule has 1 amide bonds. The van der Waals surface area contributed by atoms with E-state index in [1.54, 1.807) is 30.7 Å². The number of hydrogen-bond acceptors (Lipinski definition) is 4. The monoisotopic (exact) mass is 359 g/mol. The van der Waals surface area contributed by atoms with E-state index in [1.807, 2.05) is 48.5 Å². The van der Waals surface area contributed by atoms with Crippen LogP contribution in [-0.4, -0.2) is 27.6 Å². The summed E-state index contributed by atoms with van der Waals surface area (Å²) in [5.74, 6) is -0.504. The molecular weight excluding hydrogens is 338 g/mol. The normalized spacial score (nSPS) is 12.4. The van der Waals surface area contributed by atoms with Gasteiger partial charge in [-0.05, 0) is 47.9 Å². The van der Waals surface area contributed by atoms with Gasteiger partial charge in [-0.2, -0.15) is 0 Å². The van der Waals surface area contributed by atoms with Crippen LogP contribution in [0.25, 0.3) is 6.08 Å². The third-order valence-electron chi connectivity index (χ3n) is 4.20. The van der Waals surface area contributed by atoms with Crippen molar-refractivity contribution in [1.29, 1.82) is 0 Å². The molecule has 0 aliphatic carbocycles. The van der Waals surface area contributed by atoms with Crippen molar-refractivity contribution < 1.29 is 9.90 Å². The largest absolute Gasteiger partial charge is 0.396 e. The molecular formula is C22H21N3O2. The van der Waals surface area contributed by atoms with Crippen LogP contribution >= 0.6 is 0 Å². The number of pyridine rings is 2. The zero-order valence-electron chi connectivity index (χ0n) is 14.8. The molecule has 5 nitrogen and oxygen atoms in total. The van der Waals surface area contributed by atoms with Crippen LogP contribution in [0.2, 0.25) is 0 Å². The van der Waals surface area contributed by atoms with Gasteiger partial charge in [-0.25, -0.2) is 0 Å². The highest BCUT2D eigenvalue weighted by Gasteiger charge is 2.18. The first-order valence-electron chi connectivity index (χ1n) is 8.74. The highest BCUT2D eigenvalue weighted by atomic mass is 16.3. The number of aliphatic hydroxyl groups is 1. The molecule has 5 heteroatoms. The summed E-state index contributed by atoms with van der Waals surface area (Å²) in [5, 5.41) is 13.0. The van der Waals surface area contributed by atoms with Crippen LogP contribution in [0.4, 0.5) is 0 Å². The van der Waals surface area contributed by atoms with Gasteiger partial charge in [0.05, 0.1) is 12.2 Å². The minimum absolute atomic E-state index is 0.0842. The maximum atomic E-state index is 12.6. The first-order chi connectivity index (χ1) is 13.3. The second kappa shape index (κ2) is 9.40. The van der Waals surface area contributed by atoms with Crippen molar-refractivity contribution in [1.82, 2.24) is 15.3 Å². The number of carbonyl (C=O) groups excluding carboxylic acids is 1. The summed E-state index contributed by atoms with van der Waals surface area (Å²) in [4.78, 5) is 20.6. The Balaban J connectivity index is 1.88. The van der Waals surface area contributed by atoms with E-state index in [4.69, 9.17) is 0 Å². The second-order valence-electron chi connectivity index (χ2n) is 6.15. The van der Waals surface area contributed by atoms with E-state index in [0.717, 1.165) is 11.1 Å². The van der Waals surface area contributed by atoms with Crippen molar-refractivity contribution in [3.05, 3.63) is 102 Å². The van der Waals surface area contributed by atoms with E-state index >= 15 is 0 Å². The molecule has 0 aliphatic rings. The summed E-state index contributed by atoms with van der Waals surface area (Å²) in [6.07, 6.45) is 9.01. The maximum absolute atomic E-state index is 12.6. The van der Waals surface area contributed by atoms with Crippen molar-refractivity contribution >= 4 is 12.0 Å². The predicted octanol–water partition coefficient (Wildman–Crippen LogP) is 3.10. The molecule has 0 saturated carbocycles. The van der Waals surface area contributed by atoms with Crippen molar-refractivity contribution in [3.63, 3.8) is 0 Å². The van der Waals surface area contributed by atoms with Gasteiger partial charge in [0.2, 0.25) is 0 Å². The van der Waals surface area contributed by atoms with E-state index in [2.05, 4.69) is 15.3 Å². The lowest BCUT2D eigenvalue weighted by Gasteiger charge is -2.20. The number of aliphatic hydroxyl groups excluding tert-OH is 1. The third-order valence-corrected chi connectivity index (χ3v) is 4.20. The Kier molecular flexibility index (Phi) is 6.44. The number of benzene rings is 1. The molecule has 1 atom stereocenters. The molecule has 2 aromatic heterocycles. The number of rotatable bonds is 7. The molecule has 0 saturated heterocycles. The quantitative estimate of drug-likeness (QED) is 0.680. The van der Waals surface area contributed by atoms with Gasteiger partial charge in [0, 0.05) is 36.4 Å². The summed E-state index contributed by atoms with van der Waals surface area (Å²) in [5.41, 5.74) is 3.11. The smallest absolute Gasteiger partial charge is 0.256 e. The lowest BCUT2D eigenvalue weighted by molar-refractivity contribution is 0.0958. The van der Waals surface area contributed by atoms with Gasteiger partial charge in [-0.15, -0.1) is 0 Å². The van der Waals surface area contributed by atoms with E-state index in [0.29, 0.717) is 17.7 Å². The first kappa shape index (κ1) is 18.5. The van der Waals surface area contributed by atoms with Crippen molar-refractivity contribution in [2.45, 2.75) is 6.42 Å². The van der Waals surface area contributed by atoms with E-state index in [-0.39, 0.29) is 18.4 Å². The molecule has 2 heterocycles. The summed E-state index contributed by atoms with van der Waals surface area (Å²) < 4.78 is 0. The molecule has 3 rings (SSSR count). The van der Waals surface area contributed by atoms with Gasteiger partial charge < -0.3 is 10.4 Å². The van der Waals surface area contributed by atoms with Gasteiger partial charge in [0.25, 0.3) is 5.91 Å². The summed E-state index contributed by atoms with van der Waals surface area (Å²) in [7, 11) is 0. The molecule has 1 unspecified atom stereocenters. The zero-order valence-corrected chi connectivity index (χ0v) is 14.8. The van der Waals surface area contributed by atoms with Crippen LogP contribution < -0.4 is 5.32 Å². The van der Waals surface area contributed by atoms with Crippen LogP contribution in [0, 0.1) is 5.92 Å². The number of hydrogen-bond donors (Lipinski definition) is 2. The highest BCUT2D eigenvalue weighted by Crippen LogP contribution is 2.18. The molecule has 0 fully saturated rings. The standard InChI is InChI=1S/C22H21N3O2/c26-16-20(13-17-5-2-1-3-6-17)21(14-18-8-11-23-12-9-18)25-22(27)19-7-4-10-24-15-19/h1-12,14-15,20,26H,13,16H2,(H,25,27)/b21-14+. The topological polar surface area (TPSA) is 75.1 Å². The Bertz CT molecular complexity index is 881. The molecule has 0 spiro atoms. The Morgan fingerprint density at radius 2 is 1.78 bits per heavy atom. The number of amides is 1. The number of carbonyl (C=O) groups is 1. The van der Waals surface area contributed by atoms with Gasteiger partial charge >= 0.3 is 0 Å². The summed E-state index contributed by atoms with van der Waals surface area (Å²) in [6.45, 7) is -0.0842. The average Bonchev–Trinajstić information content (AvgIpc) is 2.73. The van der Waals surface area contributed by atoms with Crippen molar-refractivity contribution in [3.8, 4) is 0 Å². The molecule has 27 heavy (non-hydrogen) atoms. The fourth-order valence-electron chi connectivity index (χ4n) is 2.77. The first-order valence-corrected chi connectivity index (χ1v) is 8.74. The molecule has 1 aromatic carbocycles. The van der Waals surface area contributed by atoms with E-state index in [1.165, 1.54) is 6.20 Å². The van der Waals surface area contributed by atoms with Crippen LogP contribution in [0.1, 0.15) is 21.5 Å². The molecule has 2 N–H and O–H groups in total. The zero-order chi connectivity index (χ0) is 18.9. The fraction of sp³-hybridized carbons (Fsp3) is 0.136. The lowest BCUT2D eigenvalue weighted by Crippen LogP contribution is -2.29. The molecule has 0 radical (unpaired) electrons. The van der Waals surface area contributed by atoms with Crippen LogP contribution in [-0.2, 0) is 6.42 Å². The lowest BCUT2D eigenvalue weighted by atomic mass is 9.95. The molecule has 3 aromatic rings. The van der Waals surface area contributed by atoms with Gasteiger partial charge in [-0.1, -0.05) is 30.3 Å². The van der Waals surface area contributed by atoms with Crippen LogP contribution in [0.3, 0.4) is 0 Å². The second-order valence-corrected chi connectivity index (χ2v) is 6.15. The van der Waals surface area contributed by atoms with Crippen molar-refractivity contribution in [2.24, 2.45) is 5.92 Å². The van der Waals surface area contributed by atoms with Crippen LogP contribution in [0.15, 0.2) is 85.1 Å². The third kappa shape index (κ3) is 5.33. The SMILES string of the molecule is O=C(N/C(=C/c1ccncc1)C(CO)Cc1ccccc1)c1cccnc1. The predicted molar refractivity (Wildman–Crippen MR) is 105 cm³/mol. The maximum Gasteiger partial charge on any atom is 0.256 e. The van der Waals surface area contributed by atoms with Gasteiger partial charge in [0.1, 0.15) is 0 Å². The fourth-order valence-corrected chi connectivity index (χ4v) is 2.77. The number of nitrogens with one attached hydrogen (secondary N) is 1. The molecule has 0 aliphatic heterocycles.